The van der Waals surface area contributed by atoms with Gasteiger partial charge in [0, 0.05) is 0 Å². The second kappa shape index (κ2) is 8.49. The van der Waals surface area contributed by atoms with Gasteiger partial charge in [0.25, 0.3) is 0 Å². The molecule has 7 heteroatoms. The summed E-state index contributed by atoms with van der Waals surface area (Å²) in [5.74, 6) is -0.650. The van der Waals surface area contributed by atoms with Crippen molar-refractivity contribution in [3.8, 4) is 0 Å². The molecule has 0 aromatic heterocycles. The van der Waals surface area contributed by atoms with Crippen LogP contribution < -0.4 is 11.1 Å². The van der Waals surface area contributed by atoms with Crippen LogP contribution in [0.4, 0.5) is 4.79 Å². The van der Waals surface area contributed by atoms with Gasteiger partial charge in [0.2, 0.25) is 5.91 Å². The molecular formula is C18H30N2O4Si. The summed E-state index contributed by atoms with van der Waals surface area (Å²) in [5.41, 5.74) is 6.31. The maximum absolute atomic E-state index is 12.0. The highest BCUT2D eigenvalue weighted by Gasteiger charge is 2.40. The lowest BCUT2D eigenvalue weighted by Crippen LogP contribution is -2.55. The highest BCUT2D eigenvalue weighted by Crippen LogP contribution is 2.37. The number of nitrogens with one attached hydrogen (secondary N) is 1. The average Bonchev–Trinajstić information content (AvgIpc) is 2.49. The van der Waals surface area contributed by atoms with Crippen LogP contribution in [0.3, 0.4) is 0 Å². The monoisotopic (exact) mass is 366 g/mol. The fourth-order valence-corrected chi connectivity index (χ4v) is 3.44. The van der Waals surface area contributed by atoms with Crippen LogP contribution in [0.2, 0.25) is 18.1 Å². The number of alkyl carbamates (subject to hydrolysis) is 1. The third-order valence-electron chi connectivity index (χ3n) is 4.55. The molecule has 0 aliphatic rings. The van der Waals surface area contributed by atoms with Gasteiger partial charge in [-0.15, -0.1) is 0 Å². The Bertz CT molecular complexity index is 584. The molecule has 0 aliphatic carbocycles. The van der Waals surface area contributed by atoms with Gasteiger partial charge in [-0.1, -0.05) is 51.1 Å². The standard InChI is InChI=1S/C18H30N2O4Si/c1-13(24-25(5,6)18(2,3)4)15(16(19)21)20-17(22)23-12-14-10-8-7-9-11-14/h7-11,13,15H,12H2,1-6H3,(H2,19,21)(H,20,22)/t13?,15-/m0/s1. The van der Waals surface area contributed by atoms with E-state index < -0.39 is 32.5 Å². The van der Waals surface area contributed by atoms with Gasteiger partial charge in [-0.3, -0.25) is 4.79 Å². The Balaban J connectivity index is 2.67. The van der Waals surface area contributed by atoms with Crippen molar-refractivity contribution in [2.45, 2.75) is 64.6 Å². The predicted octanol–water partition coefficient (Wildman–Crippen LogP) is 3.18. The summed E-state index contributed by atoms with van der Waals surface area (Å²) in [5, 5.41) is 2.51. The number of nitrogens with two attached hydrogens (primary N) is 1. The molecule has 0 saturated heterocycles. The number of hydrogen-bond donors (Lipinski definition) is 2. The Labute approximate surface area is 151 Å². The van der Waals surface area contributed by atoms with Crippen molar-refractivity contribution in [3.63, 3.8) is 0 Å². The lowest BCUT2D eigenvalue weighted by molar-refractivity contribution is -0.122. The van der Waals surface area contributed by atoms with Crippen molar-refractivity contribution >= 4 is 20.3 Å². The van der Waals surface area contributed by atoms with Crippen LogP contribution in [0.15, 0.2) is 30.3 Å². The van der Waals surface area contributed by atoms with Crippen molar-refractivity contribution in [1.82, 2.24) is 5.32 Å². The Morgan fingerprint density at radius 2 is 1.76 bits per heavy atom. The highest BCUT2D eigenvalue weighted by atomic mass is 28.4. The van der Waals surface area contributed by atoms with E-state index in [0.29, 0.717) is 0 Å². The van der Waals surface area contributed by atoms with E-state index in [1.807, 2.05) is 30.3 Å². The molecular weight excluding hydrogens is 336 g/mol. The van der Waals surface area contributed by atoms with Gasteiger partial charge in [0.15, 0.2) is 8.32 Å². The van der Waals surface area contributed by atoms with Crippen LogP contribution in [0.25, 0.3) is 0 Å². The van der Waals surface area contributed by atoms with Crippen LogP contribution >= 0.6 is 0 Å². The number of primary amides is 1. The number of carbonyl (C=O) groups excluding carboxylic acids is 2. The normalized spacial score (nSPS) is 14.5. The van der Waals surface area contributed by atoms with Gasteiger partial charge in [-0.05, 0) is 30.6 Å². The van der Waals surface area contributed by atoms with E-state index in [-0.39, 0.29) is 11.6 Å². The van der Waals surface area contributed by atoms with Gasteiger partial charge in [-0.25, -0.2) is 4.79 Å². The molecule has 1 aromatic rings. The molecule has 1 rings (SSSR count). The largest absolute Gasteiger partial charge is 0.445 e. The Hall–Kier alpha value is -1.86. The zero-order valence-corrected chi connectivity index (χ0v) is 17.0. The van der Waals surface area contributed by atoms with E-state index in [4.69, 9.17) is 14.9 Å². The fourth-order valence-electron chi connectivity index (χ4n) is 2.02. The Morgan fingerprint density at radius 3 is 2.24 bits per heavy atom. The summed E-state index contributed by atoms with van der Waals surface area (Å²) < 4.78 is 11.3. The molecule has 0 saturated carbocycles. The van der Waals surface area contributed by atoms with E-state index in [1.54, 1.807) is 6.92 Å². The van der Waals surface area contributed by atoms with Crippen LogP contribution in [-0.2, 0) is 20.6 Å². The molecule has 3 N–H and O–H groups in total. The van der Waals surface area contributed by atoms with E-state index in [9.17, 15) is 9.59 Å². The van der Waals surface area contributed by atoms with Crippen molar-refractivity contribution in [1.29, 1.82) is 0 Å². The summed E-state index contributed by atoms with van der Waals surface area (Å²) >= 11 is 0. The first-order valence-corrected chi connectivity index (χ1v) is 11.3. The maximum atomic E-state index is 12.0. The van der Waals surface area contributed by atoms with E-state index >= 15 is 0 Å². The number of rotatable bonds is 7. The number of hydrogen-bond acceptors (Lipinski definition) is 4. The quantitative estimate of drug-likeness (QED) is 0.725. The number of benzene rings is 1. The Morgan fingerprint density at radius 1 is 1.20 bits per heavy atom. The minimum absolute atomic E-state index is 0.0166. The van der Waals surface area contributed by atoms with Crippen molar-refractivity contribution in [3.05, 3.63) is 35.9 Å². The minimum Gasteiger partial charge on any atom is -0.445 e. The van der Waals surface area contributed by atoms with Crippen molar-refractivity contribution in [2.24, 2.45) is 5.73 Å². The molecule has 25 heavy (non-hydrogen) atoms. The van der Waals surface area contributed by atoms with E-state index in [2.05, 4.69) is 39.2 Å². The summed E-state index contributed by atoms with van der Waals surface area (Å²) in [6.45, 7) is 12.3. The smallest absolute Gasteiger partial charge is 0.408 e. The molecule has 0 bridgehead atoms. The number of ether oxygens (including phenoxy) is 1. The topological polar surface area (TPSA) is 90.7 Å². The van der Waals surface area contributed by atoms with Gasteiger partial charge in [0.1, 0.15) is 12.6 Å². The summed E-state index contributed by atoms with van der Waals surface area (Å²) in [6, 6.07) is 8.35. The molecule has 0 spiro atoms. The van der Waals surface area contributed by atoms with Crippen LogP contribution in [-0.4, -0.2) is 32.5 Å². The summed E-state index contributed by atoms with van der Waals surface area (Å²) in [4.78, 5) is 23.8. The fraction of sp³-hybridized carbons (Fsp3) is 0.556. The molecule has 0 heterocycles. The SMILES string of the molecule is CC(O[Si](C)(C)C(C)(C)C)[C@H](NC(=O)OCc1ccccc1)C(N)=O. The van der Waals surface area contributed by atoms with Crippen LogP contribution in [0.5, 0.6) is 0 Å². The molecule has 1 aromatic carbocycles. The molecule has 0 aliphatic heterocycles. The van der Waals surface area contributed by atoms with Gasteiger partial charge < -0.3 is 20.2 Å². The number of amides is 2. The second-order valence-corrected chi connectivity index (χ2v) is 12.4. The van der Waals surface area contributed by atoms with Crippen LogP contribution in [0, 0.1) is 0 Å². The van der Waals surface area contributed by atoms with Crippen LogP contribution in [0.1, 0.15) is 33.3 Å². The van der Waals surface area contributed by atoms with Gasteiger partial charge in [0.05, 0.1) is 6.10 Å². The third kappa shape index (κ3) is 6.51. The average molecular weight is 367 g/mol. The second-order valence-electron chi connectivity index (χ2n) is 7.67. The zero-order valence-electron chi connectivity index (χ0n) is 16.0. The number of carbonyl (C=O) groups is 2. The molecule has 140 valence electrons. The van der Waals surface area contributed by atoms with E-state index in [1.165, 1.54) is 0 Å². The third-order valence-corrected chi connectivity index (χ3v) is 9.12. The molecule has 2 amide bonds. The first-order chi connectivity index (χ1) is 11.4. The minimum atomic E-state index is -2.10. The lowest BCUT2D eigenvalue weighted by Gasteiger charge is -2.39. The molecule has 6 nitrogen and oxygen atoms in total. The summed E-state index contributed by atoms with van der Waals surface area (Å²) in [7, 11) is -2.10. The Kier molecular flexibility index (Phi) is 7.19. The maximum Gasteiger partial charge on any atom is 0.408 e. The molecule has 0 radical (unpaired) electrons. The lowest BCUT2D eigenvalue weighted by atomic mass is 10.2. The van der Waals surface area contributed by atoms with Gasteiger partial charge >= 0.3 is 6.09 Å². The molecule has 2 atom stereocenters. The van der Waals surface area contributed by atoms with Gasteiger partial charge in [-0.2, -0.15) is 0 Å². The predicted molar refractivity (Wildman–Crippen MR) is 100 cm³/mol. The first-order valence-electron chi connectivity index (χ1n) is 8.38. The highest BCUT2D eigenvalue weighted by molar-refractivity contribution is 6.74. The van der Waals surface area contributed by atoms with Crippen molar-refractivity contribution in [2.75, 3.05) is 0 Å². The summed E-state index contributed by atoms with van der Waals surface area (Å²) in [6.07, 6.45) is -1.24. The molecule has 1 unspecified atom stereocenters. The molecule has 0 fully saturated rings. The first kappa shape index (κ1) is 21.2. The van der Waals surface area contributed by atoms with E-state index in [0.717, 1.165) is 5.56 Å². The van der Waals surface area contributed by atoms with Crippen molar-refractivity contribution < 1.29 is 18.8 Å². The zero-order chi connectivity index (χ0) is 19.3.